The first-order valence-electron chi connectivity index (χ1n) is 7.14. The minimum atomic E-state index is 0.556. The number of rotatable bonds is 2. The number of nitrogens with zero attached hydrogens (tertiary/aromatic N) is 2. The summed E-state index contributed by atoms with van der Waals surface area (Å²) in [4.78, 5) is 2.38. The Hall–Kier alpha value is -1.67. The summed E-state index contributed by atoms with van der Waals surface area (Å²) in [5.41, 5.74) is 3.50. The number of anilines is 3. The Balaban J connectivity index is 2.08. The molecule has 2 aromatic rings. The van der Waals surface area contributed by atoms with E-state index in [4.69, 9.17) is 11.8 Å². The molecule has 0 aliphatic carbocycles. The summed E-state index contributed by atoms with van der Waals surface area (Å²) in [6.07, 6.45) is 1.13. The molecule has 0 amide bonds. The molecule has 3 rings (SSSR count). The predicted octanol–water partition coefficient (Wildman–Crippen LogP) is 4.82. The van der Waals surface area contributed by atoms with E-state index in [1.807, 2.05) is 10.5 Å². The third kappa shape index (κ3) is 2.48. The molecule has 0 saturated heterocycles. The van der Waals surface area contributed by atoms with Crippen molar-refractivity contribution in [2.75, 3.05) is 22.4 Å². The van der Waals surface area contributed by atoms with Gasteiger partial charge in [0.15, 0.2) is 0 Å². The van der Waals surface area contributed by atoms with E-state index in [2.05, 4.69) is 60.4 Å². The molecule has 1 atom stereocenters. The quantitative estimate of drug-likeness (QED) is 0.730. The largest absolute Gasteiger partial charge is 0.339 e. The number of para-hydroxylation sites is 3. The van der Waals surface area contributed by atoms with Crippen LogP contribution in [0.15, 0.2) is 54.6 Å². The summed E-state index contributed by atoms with van der Waals surface area (Å²) < 4.78 is 1.87. The molecule has 2 nitrogen and oxygen atoms in total. The predicted molar refractivity (Wildman–Crippen MR) is 86.9 cm³/mol. The number of hydrogen-bond donors (Lipinski definition) is 0. The van der Waals surface area contributed by atoms with Gasteiger partial charge in [-0.1, -0.05) is 37.3 Å². The van der Waals surface area contributed by atoms with E-state index in [0.29, 0.717) is 5.92 Å². The van der Waals surface area contributed by atoms with Crippen molar-refractivity contribution in [1.82, 2.24) is 0 Å². The van der Waals surface area contributed by atoms with Crippen molar-refractivity contribution in [2.45, 2.75) is 13.3 Å². The van der Waals surface area contributed by atoms with Gasteiger partial charge < -0.3 is 4.90 Å². The van der Waals surface area contributed by atoms with E-state index < -0.39 is 0 Å². The minimum absolute atomic E-state index is 0.556. The van der Waals surface area contributed by atoms with Crippen LogP contribution in [-0.2, 0) is 0 Å². The molecule has 3 heteroatoms. The first-order valence-corrected chi connectivity index (χ1v) is 7.48. The Morgan fingerprint density at radius 3 is 2.30 bits per heavy atom. The SMILES string of the molecule is CCC1CN(Cl)c2ccccc2N(c2ccccc2)C1. The average molecular weight is 287 g/mol. The van der Waals surface area contributed by atoms with Gasteiger partial charge in [-0.25, -0.2) is 0 Å². The molecule has 104 valence electrons. The highest BCUT2D eigenvalue weighted by molar-refractivity contribution is 6.26. The zero-order chi connectivity index (χ0) is 13.9. The fourth-order valence-corrected chi connectivity index (χ4v) is 3.09. The van der Waals surface area contributed by atoms with Gasteiger partial charge in [0.2, 0.25) is 0 Å². The van der Waals surface area contributed by atoms with Crippen molar-refractivity contribution < 1.29 is 0 Å². The van der Waals surface area contributed by atoms with Crippen LogP contribution in [0.2, 0.25) is 0 Å². The summed E-state index contributed by atoms with van der Waals surface area (Å²) >= 11 is 6.48. The maximum atomic E-state index is 6.48. The molecule has 1 aliphatic heterocycles. The van der Waals surface area contributed by atoms with Crippen LogP contribution in [0.25, 0.3) is 0 Å². The minimum Gasteiger partial charge on any atom is -0.339 e. The molecule has 20 heavy (non-hydrogen) atoms. The average Bonchev–Trinajstić information content (AvgIpc) is 2.65. The molecule has 0 aromatic heterocycles. The molecular formula is C17H19ClN2. The summed E-state index contributed by atoms with van der Waals surface area (Å²) in [6, 6.07) is 18.9. The molecule has 0 bridgehead atoms. The van der Waals surface area contributed by atoms with E-state index in [1.165, 1.54) is 11.4 Å². The fourth-order valence-electron chi connectivity index (χ4n) is 2.75. The molecule has 1 aliphatic rings. The standard InChI is InChI=1S/C17H19ClN2/c1-2-14-12-19(15-8-4-3-5-9-15)16-10-6-7-11-17(16)20(18)13-14/h3-11,14H,2,12-13H2,1H3. The maximum absolute atomic E-state index is 6.48. The Bertz CT molecular complexity index is 570. The van der Waals surface area contributed by atoms with E-state index >= 15 is 0 Å². The van der Waals surface area contributed by atoms with Crippen molar-refractivity contribution in [3.05, 3.63) is 54.6 Å². The molecule has 2 aromatic carbocycles. The van der Waals surface area contributed by atoms with Crippen LogP contribution in [0.5, 0.6) is 0 Å². The molecule has 0 spiro atoms. The van der Waals surface area contributed by atoms with Crippen LogP contribution >= 0.6 is 11.8 Å². The Kier molecular flexibility index (Phi) is 3.83. The smallest absolute Gasteiger partial charge is 0.0760 e. The summed E-state index contributed by atoms with van der Waals surface area (Å²) in [5.74, 6) is 0.556. The van der Waals surface area contributed by atoms with E-state index in [9.17, 15) is 0 Å². The lowest BCUT2D eigenvalue weighted by Crippen LogP contribution is -2.26. The highest BCUT2D eigenvalue weighted by Crippen LogP contribution is 2.39. The zero-order valence-corrected chi connectivity index (χ0v) is 12.4. The molecule has 0 saturated carbocycles. The summed E-state index contributed by atoms with van der Waals surface area (Å²) in [5, 5.41) is 0. The van der Waals surface area contributed by atoms with Crippen molar-refractivity contribution >= 4 is 28.8 Å². The molecule has 1 heterocycles. The van der Waals surface area contributed by atoms with Crippen LogP contribution in [0.1, 0.15) is 13.3 Å². The summed E-state index contributed by atoms with van der Waals surface area (Å²) in [6.45, 7) is 4.12. The Morgan fingerprint density at radius 2 is 1.60 bits per heavy atom. The molecular weight excluding hydrogens is 268 g/mol. The third-order valence-electron chi connectivity index (χ3n) is 3.94. The van der Waals surface area contributed by atoms with Gasteiger partial charge in [-0.2, -0.15) is 0 Å². The van der Waals surface area contributed by atoms with Gasteiger partial charge in [-0.15, -0.1) is 0 Å². The van der Waals surface area contributed by atoms with Crippen LogP contribution in [0.3, 0.4) is 0 Å². The number of halogens is 1. The highest BCUT2D eigenvalue weighted by Gasteiger charge is 2.25. The monoisotopic (exact) mass is 286 g/mol. The van der Waals surface area contributed by atoms with Crippen LogP contribution in [-0.4, -0.2) is 13.1 Å². The first-order chi connectivity index (χ1) is 9.79. The second-order valence-corrected chi connectivity index (χ2v) is 5.66. The van der Waals surface area contributed by atoms with Crippen LogP contribution < -0.4 is 9.32 Å². The van der Waals surface area contributed by atoms with Crippen molar-refractivity contribution in [1.29, 1.82) is 0 Å². The van der Waals surface area contributed by atoms with Gasteiger partial charge in [-0.05, 0) is 36.6 Å². The normalized spacial score (nSPS) is 18.6. The molecule has 1 unspecified atom stereocenters. The Morgan fingerprint density at radius 1 is 0.950 bits per heavy atom. The number of benzene rings is 2. The van der Waals surface area contributed by atoms with E-state index in [1.54, 1.807) is 0 Å². The van der Waals surface area contributed by atoms with Crippen LogP contribution in [0, 0.1) is 5.92 Å². The van der Waals surface area contributed by atoms with Gasteiger partial charge in [0.05, 0.1) is 11.4 Å². The topological polar surface area (TPSA) is 6.48 Å². The van der Waals surface area contributed by atoms with Gasteiger partial charge in [0, 0.05) is 30.6 Å². The lowest BCUT2D eigenvalue weighted by Gasteiger charge is -2.26. The van der Waals surface area contributed by atoms with Crippen molar-refractivity contribution in [2.24, 2.45) is 5.92 Å². The van der Waals surface area contributed by atoms with E-state index in [0.717, 1.165) is 25.2 Å². The molecule has 0 radical (unpaired) electrons. The number of hydrogen-bond acceptors (Lipinski definition) is 2. The van der Waals surface area contributed by atoms with E-state index in [-0.39, 0.29) is 0 Å². The zero-order valence-electron chi connectivity index (χ0n) is 11.7. The van der Waals surface area contributed by atoms with Crippen LogP contribution in [0.4, 0.5) is 17.1 Å². The van der Waals surface area contributed by atoms with Gasteiger partial charge in [-0.3, -0.25) is 4.42 Å². The maximum Gasteiger partial charge on any atom is 0.0760 e. The second kappa shape index (κ2) is 5.76. The number of fused-ring (bicyclic) bond motifs is 1. The highest BCUT2D eigenvalue weighted by atomic mass is 35.5. The lowest BCUT2D eigenvalue weighted by atomic mass is 10.1. The summed E-state index contributed by atoms with van der Waals surface area (Å²) in [7, 11) is 0. The van der Waals surface area contributed by atoms with Crippen molar-refractivity contribution in [3.63, 3.8) is 0 Å². The lowest BCUT2D eigenvalue weighted by molar-refractivity contribution is 0.538. The molecule has 0 fully saturated rings. The Labute approximate surface area is 125 Å². The first kappa shape index (κ1) is 13.3. The second-order valence-electron chi connectivity index (χ2n) is 5.25. The van der Waals surface area contributed by atoms with Gasteiger partial charge in [0.1, 0.15) is 0 Å². The van der Waals surface area contributed by atoms with Crippen molar-refractivity contribution in [3.8, 4) is 0 Å². The third-order valence-corrected chi connectivity index (χ3v) is 4.26. The molecule has 0 N–H and O–H groups in total. The van der Waals surface area contributed by atoms with Gasteiger partial charge >= 0.3 is 0 Å². The van der Waals surface area contributed by atoms with Gasteiger partial charge in [0.25, 0.3) is 0 Å². The fraction of sp³-hybridized carbons (Fsp3) is 0.294.